The predicted molar refractivity (Wildman–Crippen MR) is 46.9 cm³/mol. The van der Waals surface area contributed by atoms with Crippen molar-refractivity contribution < 1.29 is 13.6 Å². The average Bonchev–Trinajstić information content (AvgIpc) is 2.25. The summed E-state index contributed by atoms with van der Waals surface area (Å²) in [4.78, 5) is 0. The van der Waals surface area contributed by atoms with Crippen LogP contribution in [0.25, 0.3) is 0 Å². The van der Waals surface area contributed by atoms with Crippen LogP contribution in [0.5, 0.6) is 0 Å². The third-order valence-electron chi connectivity index (χ3n) is 2.28. The standard InChI is InChI=1S/C8H13O3P/c1-5-8-6(2)11-12(9,10-4)7(8)3/h1,6-8H,2-4H3. The van der Waals surface area contributed by atoms with Gasteiger partial charge in [-0.15, -0.1) is 6.42 Å². The third-order valence-corrected chi connectivity index (χ3v) is 4.74. The molecule has 0 spiro atoms. The van der Waals surface area contributed by atoms with Crippen molar-refractivity contribution in [3.63, 3.8) is 0 Å². The Balaban J connectivity index is 2.91. The van der Waals surface area contributed by atoms with Crippen molar-refractivity contribution in [1.82, 2.24) is 0 Å². The summed E-state index contributed by atoms with van der Waals surface area (Å²) in [5, 5.41) is 0. The molecule has 1 aliphatic heterocycles. The van der Waals surface area contributed by atoms with Crippen molar-refractivity contribution in [3.05, 3.63) is 0 Å². The van der Waals surface area contributed by atoms with Crippen LogP contribution >= 0.6 is 7.60 Å². The fourth-order valence-electron chi connectivity index (χ4n) is 1.47. The number of terminal acetylenes is 1. The zero-order chi connectivity index (χ0) is 9.35. The Hall–Kier alpha value is -0.290. The minimum atomic E-state index is -2.91. The predicted octanol–water partition coefficient (Wildman–Crippen LogP) is 1.88. The molecular formula is C8H13O3P. The van der Waals surface area contributed by atoms with E-state index < -0.39 is 7.60 Å². The molecule has 0 bridgehead atoms. The summed E-state index contributed by atoms with van der Waals surface area (Å²) in [6.45, 7) is 3.62. The highest BCUT2D eigenvalue weighted by Crippen LogP contribution is 2.61. The van der Waals surface area contributed by atoms with Gasteiger partial charge in [-0.3, -0.25) is 4.57 Å². The number of rotatable bonds is 1. The average molecular weight is 188 g/mol. The summed E-state index contributed by atoms with van der Waals surface area (Å²) < 4.78 is 21.8. The van der Waals surface area contributed by atoms with Crippen LogP contribution in [-0.2, 0) is 13.6 Å². The highest BCUT2D eigenvalue weighted by molar-refractivity contribution is 7.55. The number of hydrogen-bond acceptors (Lipinski definition) is 3. The van der Waals surface area contributed by atoms with E-state index in [0.29, 0.717) is 0 Å². The molecule has 0 radical (unpaired) electrons. The Morgan fingerprint density at radius 2 is 2.17 bits per heavy atom. The molecule has 0 N–H and O–H groups in total. The molecule has 3 nitrogen and oxygen atoms in total. The van der Waals surface area contributed by atoms with Gasteiger partial charge in [0.1, 0.15) is 0 Å². The molecule has 1 fully saturated rings. The Morgan fingerprint density at radius 1 is 1.58 bits per heavy atom. The maximum Gasteiger partial charge on any atom is 0.334 e. The molecule has 4 heteroatoms. The minimum Gasteiger partial charge on any atom is -0.312 e. The molecule has 0 aromatic heterocycles. The SMILES string of the molecule is C#CC1C(C)OP(=O)(OC)C1C. The first-order valence-corrected chi connectivity index (χ1v) is 5.46. The Kier molecular flexibility index (Phi) is 2.63. The Morgan fingerprint density at radius 3 is 2.42 bits per heavy atom. The van der Waals surface area contributed by atoms with Gasteiger partial charge in [-0.2, -0.15) is 0 Å². The zero-order valence-corrected chi connectivity index (χ0v) is 8.38. The second-order valence-corrected chi connectivity index (χ2v) is 5.44. The van der Waals surface area contributed by atoms with Crippen LogP contribution in [0.2, 0.25) is 0 Å². The van der Waals surface area contributed by atoms with E-state index in [-0.39, 0.29) is 17.7 Å². The summed E-state index contributed by atoms with van der Waals surface area (Å²) in [6, 6.07) is 0. The van der Waals surface area contributed by atoms with Crippen LogP contribution in [0.1, 0.15) is 13.8 Å². The van der Waals surface area contributed by atoms with E-state index in [1.165, 1.54) is 7.11 Å². The lowest BCUT2D eigenvalue weighted by Crippen LogP contribution is -2.16. The number of hydrogen-bond donors (Lipinski definition) is 0. The van der Waals surface area contributed by atoms with E-state index in [1.54, 1.807) is 6.92 Å². The van der Waals surface area contributed by atoms with Gasteiger partial charge >= 0.3 is 7.60 Å². The van der Waals surface area contributed by atoms with Gasteiger partial charge in [-0.05, 0) is 13.8 Å². The van der Waals surface area contributed by atoms with Crippen LogP contribution in [0.4, 0.5) is 0 Å². The second-order valence-electron chi connectivity index (χ2n) is 2.97. The van der Waals surface area contributed by atoms with Crippen molar-refractivity contribution in [2.45, 2.75) is 25.6 Å². The molecular weight excluding hydrogens is 175 g/mol. The first kappa shape index (κ1) is 9.80. The molecule has 1 saturated heterocycles. The van der Waals surface area contributed by atoms with Crippen LogP contribution < -0.4 is 0 Å². The molecule has 0 aromatic rings. The summed E-state index contributed by atoms with van der Waals surface area (Å²) in [7, 11) is -1.52. The van der Waals surface area contributed by atoms with Crippen LogP contribution in [0, 0.1) is 18.3 Å². The second kappa shape index (κ2) is 3.22. The van der Waals surface area contributed by atoms with E-state index in [4.69, 9.17) is 15.5 Å². The van der Waals surface area contributed by atoms with Crippen molar-refractivity contribution in [3.8, 4) is 12.3 Å². The molecule has 0 amide bonds. The van der Waals surface area contributed by atoms with Crippen molar-refractivity contribution >= 4 is 7.60 Å². The highest BCUT2D eigenvalue weighted by atomic mass is 31.2. The summed E-state index contributed by atoms with van der Waals surface area (Å²) in [5.41, 5.74) is -0.192. The molecule has 1 heterocycles. The van der Waals surface area contributed by atoms with E-state index in [0.717, 1.165) is 0 Å². The lowest BCUT2D eigenvalue weighted by molar-refractivity contribution is 0.192. The summed E-state index contributed by atoms with van der Waals surface area (Å²) in [6.07, 6.45) is 5.11. The van der Waals surface area contributed by atoms with Gasteiger partial charge in [0, 0.05) is 7.11 Å². The molecule has 68 valence electrons. The Bertz CT molecular complexity index is 256. The maximum absolute atomic E-state index is 11.8. The molecule has 1 aliphatic rings. The largest absolute Gasteiger partial charge is 0.334 e. The normalized spacial score (nSPS) is 47.3. The fraction of sp³-hybridized carbons (Fsp3) is 0.750. The van der Waals surface area contributed by atoms with Gasteiger partial charge in [0.05, 0.1) is 17.7 Å². The van der Waals surface area contributed by atoms with Gasteiger partial charge in [0.15, 0.2) is 0 Å². The minimum absolute atomic E-state index is 0.101. The third kappa shape index (κ3) is 1.31. The smallest absolute Gasteiger partial charge is 0.312 e. The lowest BCUT2D eigenvalue weighted by Gasteiger charge is -2.12. The monoisotopic (exact) mass is 188 g/mol. The van der Waals surface area contributed by atoms with Gasteiger partial charge in [-0.1, -0.05) is 5.92 Å². The first-order valence-electron chi connectivity index (χ1n) is 3.85. The van der Waals surface area contributed by atoms with Crippen molar-refractivity contribution in [2.75, 3.05) is 7.11 Å². The molecule has 0 aliphatic carbocycles. The van der Waals surface area contributed by atoms with Gasteiger partial charge in [0.2, 0.25) is 0 Å². The molecule has 4 unspecified atom stereocenters. The maximum atomic E-state index is 11.8. The van der Waals surface area contributed by atoms with Crippen molar-refractivity contribution in [2.24, 2.45) is 5.92 Å². The molecule has 0 aromatic carbocycles. The quantitative estimate of drug-likeness (QED) is 0.465. The highest BCUT2D eigenvalue weighted by Gasteiger charge is 2.47. The fourth-order valence-corrected chi connectivity index (χ4v) is 3.39. The molecule has 0 saturated carbocycles. The summed E-state index contributed by atoms with van der Waals surface area (Å²) in [5.74, 6) is 2.47. The first-order chi connectivity index (χ1) is 5.55. The zero-order valence-electron chi connectivity index (χ0n) is 7.48. The van der Waals surface area contributed by atoms with Gasteiger partial charge < -0.3 is 9.05 Å². The molecule has 4 atom stereocenters. The summed E-state index contributed by atoms with van der Waals surface area (Å²) >= 11 is 0. The Labute approximate surface area is 73.0 Å². The molecule has 1 rings (SSSR count). The van der Waals surface area contributed by atoms with E-state index in [2.05, 4.69) is 5.92 Å². The van der Waals surface area contributed by atoms with E-state index in [9.17, 15) is 4.57 Å². The lowest BCUT2D eigenvalue weighted by atomic mass is 10.0. The van der Waals surface area contributed by atoms with E-state index >= 15 is 0 Å². The van der Waals surface area contributed by atoms with Crippen LogP contribution in [-0.4, -0.2) is 18.9 Å². The van der Waals surface area contributed by atoms with Crippen molar-refractivity contribution in [1.29, 1.82) is 0 Å². The van der Waals surface area contributed by atoms with Crippen LogP contribution in [0.15, 0.2) is 0 Å². The van der Waals surface area contributed by atoms with Gasteiger partial charge in [0.25, 0.3) is 0 Å². The molecule has 12 heavy (non-hydrogen) atoms. The van der Waals surface area contributed by atoms with E-state index in [1.807, 2.05) is 6.92 Å². The van der Waals surface area contributed by atoms with Gasteiger partial charge in [-0.25, -0.2) is 0 Å². The van der Waals surface area contributed by atoms with Crippen LogP contribution in [0.3, 0.4) is 0 Å². The topological polar surface area (TPSA) is 35.5 Å².